The van der Waals surface area contributed by atoms with Gasteiger partial charge in [-0.2, -0.15) is 0 Å². The lowest BCUT2D eigenvalue weighted by molar-refractivity contribution is 0.121. The van der Waals surface area contributed by atoms with Gasteiger partial charge in [0.1, 0.15) is 6.17 Å². The van der Waals surface area contributed by atoms with Gasteiger partial charge in [0.05, 0.1) is 18.1 Å². The standard InChI is InChI=1S/C16H21FN4O/c1-22-15-3-2-14-16(20-15)11(4-7-19-14)5-8-21-9-6-13(18)12(17)10-21/h2-4,7,12-13H,5-6,8-10,18H2,1H3/t12-,13+/m1/s1. The molecule has 2 atom stereocenters. The van der Waals surface area contributed by atoms with Crippen molar-refractivity contribution in [2.24, 2.45) is 5.73 Å². The Kier molecular flexibility index (Phi) is 4.49. The van der Waals surface area contributed by atoms with Crippen LogP contribution in [0, 0.1) is 0 Å². The van der Waals surface area contributed by atoms with E-state index in [-0.39, 0.29) is 6.04 Å². The van der Waals surface area contributed by atoms with E-state index in [0.29, 0.717) is 18.8 Å². The molecule has 2 aromatic heterocycles. The zero-order valence-corrected chi connectivity index (χ0v) is 12.7. The van der Waals surface area contributed by atoms with Crippen LogP contribution in [0.1, 0.15) is 12.0 Å². The van der Waals surface area contributed by atoms with E-state index in [4.69, 9.17) is 10.5 Å². The average molecular weight is 304 g/mol. The molecule has 1 saturated heterocycles. The second-order valence-corrected chi connectivity index (χ2v) is 5.71. The quantitative estimate of drug-likeness (QED) is 0.928. The lowest BCUT2D eigenvalue weighted by Crippen LogP contribution is -2.48. The van der Waals surface area contributed by atoms with E-state index in [9.17, 15) is 4.39 Å². The van der Waals surface area contributed by atoms with Crippen LogP contribution < -0.4 is 10.5 Å². The summed E-state index contributed by atoms with van der Waals surface area (Å²) in [5, 5.41) is 0. The Hall–Kier alpha value is -1.79. The third kappa shape index (κ3) is 3.18. The van der Waals surface area contributed by atoms with Gasteiger partial charge >= 0.3 is 0 Å². The van der Waals surface area contributed by atoms with Gasteiger partial charge in [-0.05, 0) is 37.1 Å². The summed E-state index contributed by atoms with van der Waals surface area (Å²) in [6, 6.07) is 5.36. The molecule has 0 spiro atoms. The molecule has 0 aromatic carbocycles. The summed E-state index contributed by atoms with van der Waals surface area (Å²) in [4.78, 5) is 10.9. The molecule has 0 radical (unpaired) electrons. The topological polar surface area (TPSA) is 64.3 Å². The number of ether oxygens (including phenoxy) is 1. The third-order valence-corrected chi connectivity index (χ3v) is 4.22. The summed E-state index contributed by atoms with van der Waals surface area (Å²) in [5.74, 6) is 0.578. The van der Waals surface area contributed by atoms with Gasteiger partial charge in [0, 0.05) is 31.4 Å². The van der Waals surface area contributed by atoms with Crippen LogP contribution in [-0.2, 0) is 6.42 Å². The van der Waals surface area contributed by atoms with Gasteiger partial charge in [-0.1, -0.05) is 0 Å². The van der Waals surface area contributed by atoms with Gasteiger partial charge in [-0.3, -0.25) is 9.88 Å². The molecule has 0 unspecified atom stereocenters. The molecule has 3 rings (SSSR count). The summed E-state index contributed by atoms with van der Waals surface area (Å²) in [6.07, 6.45) is 2.38. The van der Waals surface area contributed by atoms with Gasteiger partial charge < -0.3 is 10.5 Å². The number of alkyl halides is 1. The van der Waals surface area contributed by atoms with Crippen molar-refractivity contribution >= 4 is 11.0 Å². The number of hydrogen-bond acceptors (Lipinski definition) is 5. The first-order valence-corrected chi connectivity index (χ1v) is 7.58. The molecule has 0 amide bonds. The number of aromatic nitrogens is 2. The molecule has 0 aliphatic carbocycles. The van der Waals surface area contributed by atoms with Crippen LogP contribution >= 0.6 is 0 Å². The van der Waals surface area contributed by atoms with E-state index >= 15 is 0 Å². The highest BCUT2D eigenvalue weighted by Gasteiger charge is 2.25. The van der Waals surface area contributed by atoms with E-state index in [0.717, 1.165) is 36.1 Å². The number of fused-ring (bicyclic) bond motifs is 1. The Bertz CT molecular complexity index is 651. The SMILES string of the molecule is COc1ccc2nccc(CCN3CC[C@H](N)[C@H](F)C3)c2n1. The van der Waals surface area contributed by atoms with Crippen LogP contribution in [0.3, 0.4) is 0 Å². The number of rotatable bonds is 4. The Morgan fingerprint density at radius 3 is 3.05 bits per heavy atom. The maximum atomic E-state index is 13.7. The minimum atomic E-state index is -0.929. The van der Waals surface area contributed by atoms with Gasteiger partial charge in [-0.15, -0.1) is 0 Å². The van der Waals surface area contributed by atoms with Crippen LogP contribution in [0.25, 0.3) is 11.0 Å². The van der Waals surface area contributed by atoms with Crippen molar-refractivity contribution in [3.8, 4) is 5.88 Å². The smallest absolute Gasteiger partial charge is 0.213 e. The summed E-state index contributed by atoms with van der Waals surface area (Å²) in [6.45, 7) is 2.06. The molecular weight excluding hydrogens is 283 g/mol. The first kappa shape index (κ1) is 15.1. The first-order chi connectivity index (χ1) is 10.7. The van der Waals surface area contributed by atoms with Gasteiger partial charge in [0.15, 0.2) is 0 Å². The predicted molar refractivity (Wildman–Crippen MR) is 83.7 cm³/mol. The fourth-order valence-electron chi connectivity index (χ4n) is 2.84. The average Bonchev–Trinajstić information content (AvgIpc) is 2.55. The number of methoxy groups -OCH3 is 1. The fraction of sp³-hybridized carbons (Fsp3) is 0.500. The Labute approximate surface area is 129 Å². The van der Waals surface area contributed by atoms with Crippen molar-refractivity contribution in [1.82, 2.24) is 14.9 Å². The first-order valence-electron chi connectivity index (χ1n) is 7.58. The van der Waals surface area contributed by atoms with Crippen molar-refractivity contribution in [2.75, 3.05) is 26.7 Å². The second-order valence-electron chi connectivity index (χ2n) is 5.71. The number of halogens is 1. The van der Waals surface area contributed by atoms with Gasteiger partial charge in [0.2, 0.25) is 5.88 Å². The lowest BCUT2D eigenvalue weighted by atomic mass is 10.0. The maximum absolute atomic E-state index is 13.7. The molecule has 0 saturated carbocycles. The molecule has 22 heavy (non-hydrogen) atoms. The van der Waals surface area contributed by atoms with Gasteiger partial charge in [0.25, 0.3) is 0 Å². The van der Waals surface area contributed by atoms with E-state index in [1.807, 2.05) is 12.1 Å². The molecule has 5 nitrogen and oxygen atoms in total. The molecule has 3 heterocycles. The second kappa shape index (κ2) is 6.54. The molecule has 1 fully saturated rings. The van der Waals surface area contributed by atoms with Crippen molar-refractivity contribution in [1.29, 1.82) is 0 Å². The van der Waals surface area contributed by atoms with E-state index in [1.54, 1.807) is 19.4 Å². The summed E-state index contributed by atoms with van der Waals surface area (Å²) < 4.78 is 18.9. The molecule has 2 aromatic rings. The molecule has 6 heteroatoms. The van der Waals surface area contributed by atoms with Gasteiger partial charge in [-0.25, -0.2) is 9.37 Å². The zero-order valence-electron chi connectivity index (χ0n) is 12.7. The maximum Gasteiger partial charge on any atom is 0.213 e. The molecule has 1 aliphatic heterocycles. The minimum Gasteiger partial charge on any atom is -0.481 e. The third-order valence-electron chi connectivity index (χ3n) is 4.22. The number of hydrogen-bond donors (Lipinski definition) is 1. The van der Waals surface area contributed by atoms with Crippen LogP contribution in [-0.4, -0.2) is 53.8 Å². The highest BCUT2D eigenvalue weighted by atomic mass is 19.1. The van der Waals surface area contributed by atoms with Crippen molar-refractivity contribution in [3.63, 3.8) is 0 Å². The normalized spacial score (nSPS) is 22.9. The van der Waals surface area contributed by atoms with E-state index in [1.165, 1.54) is 0 Å². The van der Waals surface area contributed by atoms with Crippen molar-refractivity contribution in [3.05, 3.63) is 30.0 Å². The Morgan fingerprint density at radius 2 is 2.27 bits per heavy atom. The number of likely N-dealkylation sites (tertiary alicyclic amines) is 1. The zero-order chi connectivity index (χ0) is 15.5. The van der Waals surface area contributed by atoms with Crippen LogP contribution in [0.15, 0.2) is 24.4 Å². The Morgan fingerprint density at radius 1 is 1.41 bits per heavy atom. The monoisotopic (exact) mass is 304 g/mol. The highest BCUT2D eigenvalue weighted by molar-refractivity contribution is 5.78. The lowest BCUT2D eigenvalue weighted by Gasteiger charge is -2.32. The number of piperidine rings is 1. The molecule has 2 N–H and O–H groups in total. The summed E-state index contributed by atoms with van der Waals surface area (Å²) in [7, 11) is 1.60. The van der Waals surface area contributed by atoms with E-state index < -0.39 is 6.17 Å². The summed E-state index contributed by atoms with van der Waals surface area (Å²) >= 11 is 0. The molecule has 118 valence electrons. The summed E-state index contributed by atoms with van der Waals surface area (Å²) in [5.41, 5.74) is 8.53. The number of nitrogens with two attached hydrogens (primary N) is 1. The van der Waals surface area contributed by atoms with Crippen LogP contribution in [0.5, 0.6) is 5.88 Å². The fourth-order valence-corrected chi connectivity index (χ4v) is 2.84. The molecule has 1 aliphatic rings. The van der Waals surface area contributed by atoms with Crippen molar-refractivity contribution < 1.29 is 9.13 Å². The number of pyridine rings is 2. The van der Waals surface area contributed by atoms with Crippen LogP contribution in [0.2, 0.25) is 0 Å². The van der Waals surface area contributed by atoms with Crippen LogP contribution in [0.4, 0.5) is 4.39 Å². The van der Waals surface area contributed by atoms with Crippen molar-refractivity contribution in [2.45, 2.75) is 25.1 Å². The molecule has 0 bridgehead atoms. The Balaban J connectivity index is 1.73. The largest absolute Gasteiger partial charge is 0.481 e. The number of nitrogens with zero attached hydrogens (tertiary/aromatic N) is 3. The predicted octanol–water partition coefficient (Wildman–Crippen LogP) is 1.55. The minimum absolute atomic E-state index is 0.316. The highest BCUT2D eigenvalue weighted by Crippen LogP contribution is 2.20. The molecular formula is C16H21FN4O. The van der Waals surface area contributed by atoms with E-state index in [2.05, 4.69) is 14.9 Å².